The van der Waals surface area contributed by atoms with Crippen LogP contribution in [0.25, 0.3) is 0 Å². The molecule has 0 amide bonds. The quantitative estimate of drug-likeness (QED) is 0.620. The molecule has 0 aliphatic carbocycles. The van der Waals surface area contributed by atoms with Gasteiger partial charge in [-0.15, -0.1) is 0 Å². The van der Waals surface area contributed by atoms with Crippen LogP contribution >= 0.6 is 0 Å². The lowest BCUT2D eigenvalue weighted by Gasteiger charge is -2.33. The monoisotopic (exact) mass is 432 g/mol. The molecule has 1 N–H and O–H groups in total. The van der Waals surface area contributed by atoms with Crippen molar-refractivity contribution in [1.82, 2.24) is 14.9 Å². The molecule has 1 saturated heterocycles. The van der Waals surface area contributed by atoms with Gasteiger partial charge in [-0.1, -0.05) is 12.1 Å². The summed E-state index contributed by atoms with van der Waals surface area (Å²) in [4.78, 5) is 11.7. The van der Waals surface area contributed by atoms with Gasteiger partial charge >= 0.3 is 0 Å². The second-order valence-corrected chi connectivity index (χ2v) is 8.17. The van der Waals surface area contributed by atoms with E-state index in [4.69, 9.17) is 19.2 Å². The number of ether oxygens (including phenoxy) is 3. The number of hydrogen-bond acceptors (Lipinski definition) is 7. The summed E-state index contributed by atoms with van der Waals surface area (Å²) in [7, 11) is 1.71. The van der Waals surface area contributed by atoms with Crippen molar-refractivity contribution in [3.63, 3.8) is 0 Å². The summed E-state index contributed by atoms with van der Waals surface area (Å²) in [6.45, 7) is 3.98. The summed E-state index contributed by atoms with van der Waals surface area (Å²) in [5, 5.41) is 3.30. The highest BCUT2D eigenvalue weighted by molar-refractivity contribution is 5.52. The molecule has 0 unspecified atom stereocenters. The van der Waals surface area contributed by atoms with Crippen LogP contribution in [0.3, 0.4) is 0 Å². The van der Waals surface area contributed by atoms with Gasteiger partial charge < -0.3 is 19.5 Å². The van der Waals surface area contributed by atoms with E-state index in [2.05, 4.69) is 33.4 Å². The fourth-order valence-corrected chi connectivity index (χ4v) is 4.42. The summed E-state index contributed by atoms with van der Waals surface area (Å²) < 4.78 is 17.1. The van der Waals surface area contributed by atoms with Crippen LogP contribution < -0.4 is 19.5 Å². The van der Waals surface area contributed by atoms with Crippen molar-refractivity contribution in [1.29, 1.82) is 0 Å². The fourth-order valence-electron chi connectivity index (χ4n) is 4.42. The second kappa shape index (κ2) is 9.44. The van der Waals surface area contributed by atoms with Crippen LogP contribution in [0.2, 0.25) is 0 Å². The van der Waals surface area contributed by atoms with Crippen molar-refractivity contribution >= 4 is 11.6 Å². The number of benzene rings is 1. The lowest BCUT2D eigenvalue weighted by molar-refractivity contribution is 0.168. The normalized spacial score (nSPS) is 18.2. The first-order chi connectivity index (χ1) is 15.8. The maximum atomic E-state index is 5.78. The first-order valence-electron chi connectivity index (χ1n) is 11.1. The molecule has 7 nitrogen and oxygen atoms in total. The molecule has 166 valence electrons. The molecule has 2 aliphatic heterocycles. The number of nitrogens with zero attached hydrogens (tertiary/aromatic N) is 3. The van der Waals surface area contributed by atoms with E-state index in [0.717, 1.165) is 72.6 Å². The van der Waals surface area contributed by atoms with Gasteiger partial charge in [-0.25, -0.2) is 9.97 Å². The molecule has 2 aromatic heterocycles. The molecular formula is C25H28N4O3. The Morgan fingerprint density at radius 3 is 2.72 bits per heavy atom. The molecule has 1 fully saturated rings. The summed E-state index contributed by atoms with van der Waals surface area (Å²) in [6.07, 6.45) is 4.04. The number of anilines is 2. The van der Waals surface area contributed by atoms with E-state index in [0.29, 0.717) is 19.1 Å². The van der Waals surface area contributed by atoms with Gasteiger partial charge in [-0.2, -0.15) is 0 Å². The van der Waals surface area contributed by atoms with Crippen LogP contribution in [0.1, 0.15) is 30.0 Å². The zero-order chi connectivity index (χ0) is 21.8. The van der Waals surface area contributed by atoms with E-state index in [-0.39, 0.29) is 0 Å². The Kier molecular flexibility index (Phi) is 6.07. The molecule has 4 heterocycles. The van der Waals surface area contributed by atoms with Gasteiger partial charge in [0.05, 0.1) is 7.11 Å². The van der Waals surface area contributed by atoms with Crippen molar-refractivity contribution in [3.05, 3.63) is 66.0 Å². The number of fused-ring (bicyclic) bond motifs is 1. The molecular weight excluding hydrogens is 404 g/mol. The van der Waals surface area contributed by atoms with Gasteiger partial charge in [0.1, 0.15) is 30.6 Å². The lowest BCUT2D eigenvalue weighted by Crippen LogP contribution is -2.34. The Labute approximate surface area is 188 Å². The van der Waals surface area contributed by atoms with E-state index in [1.165, 1.54) is 0 Å². The highest BCUT2D eigenvalue weighted by Gasteiger charge is 2.25. The lowest BCUT2D eigenvalue weighted by atomic mass is 9.94. The van der Waals surface area contributed by atoms with Crippen molar-refractivity contribution in [3.8, 4) is 17.2 Å². The Balaban J connectivity index is 1.30. The Bertz CT molecular complexity index is 1060. The number of pyridine rings is 2. The second-order valence-electron chi connectivity index (χ2n) is 8.17. The van der Waals surface area contributed by atoms with E-state index in [1.54, 1.807) is 13.3 Å². The fraction of sp³-hybridized carbons (Fsp3) is 0.360. The molecule has 1 atom stereocenters. The van der Waals surface area contributed by atoms with Gasteiger partial charge in [-0.3, -0.25) is 4.90 Å². The minimum atomic E-state index is 0.387. The van der Waals surface area contributed by atoms with E-state index < -0.39 is 0 Å². The average Bonchev–Trinajstić information content (AvgIpc) is 2.84. The zero-order valence-electron chi connectivity index (χ0n) is 18.3. The van der Waals surface area contributed by atoms with Crippen LogP contribution in [-0.4, -0.2) is 48.3 Å². The third kappa shape index (κ3) is 4.62. The number of hydrogen-bond donors (Lipinski definition) is 1. The highest BCUT2D eigenvalue weighted by Crippen LogP contribution is 2.38. The van der Waals surface area contributed by atoms with Crippen molar-refractivity contribution in [2.75, 3.05) is 38.7 Å². The average molecular weight is 433 g/mol. The Morgan fingerprint density at radius 1 is 1.06 bits per heavy atom. The largest absolute Gasteiger partial charge is 0.496 e. The molecule has 0 spiro atoms. The predicted molar refractivity (Wildman–Crippen MR) is 123 cm³/mol. The van der Waals surface area contributed by atoms with E-state index in [9.17, 15) is 0 Å². The van der Waals surface area contributed by atoms with Crippen LogP contribution in [0, 0.1) is 0 Å². The number of aromatic nitrogens is 2. The summed E-state index contributed by atoms with van der Waals surface area (Å²) in [5.41, 5.74) is 2.24. The summed E-state index contributed by atoms with van der Waals surface area (Å²) in [6, 6.07) is 16.0. The molecule has 5 rings (SSSR count). The molecule has 0 radical (unpaired) electrons. The van der Waals surface area contributed by atoms with Gasteiger partial charge in [0.15, 0.2) is 11.5 Å². The third-order valence-corrected chi connectivity index (χ3v) is 5.95. The molecule has 3 aromatic rings. The molecule has 7 heteroatoms. The maximum Gasteiger partial charge on any atom is 0.165 e. The molecule has 32 heavy (non-hydrogen) atoms. The standard InChI is InChI=1S/C25H28N4O3/c1-30-21-15-23-22(31-12-13-32-23)14-19(21)17-29-11-5-6-18(16-29)20-7-4-9-25(27-20)28-24-8-2-3-10-26-24/h2-4,7-10,14-15,18H,5-6,11-13,16-17H2,1H3,(H,26,27,28)/t18-/m0/s1. The molecule has 0 saturated carbocycles. The highest BCUT2D eigenvalue weighted by atomic mass is 16.6. The number of nitrogens with one attached hydrogen (secondary N) is 1. The van der Waals surface area contributed by atoms with E-state index >= 15 is 0 Å². The van der Waals surface area contributed by atoms with Gasteiger partial charge in [-0.05, 0) is 49.7 Å². The SMILES string of the molecule is COc1cc2c(cc1CN1CCC[C@H](c3cccc(Nc4ccccn4)n3)C1)OCCO2. The van der Waals surface area contributed by atoms with Crippen LogP contribution in [0.5, 0.6) is 17.2 Å². The first-order valence-corrected chi connectivity index (χ1v) is 11.1. The van der Waals surface area contributed by atoms with Crippen molar-refractivity contribution in [2.24, 2.45) is 0 Å². The van der Waals surface area contributed by atoms with Crippen LogP contribution in [0.4, 0.5) is 11.6 Å². The topological polar surface area (TPSA) is 68.7 Å². The predicted octanol–water partition coefficient (Wildman–Crippen LogP) is 4.38. The number of methoxy groups -OCH3 is 1. The Morgan fingerprint density at radius 2 is 1.91 bits per heavy atom. The number of piperidine rings is 1. The molecule has 1 aromatic carbocycles. The zero-order valence-corrected chi connectivity index (χ0v) is 18.3. The van der Waals surface area contributed by atoms with Gasteiger partial charge in [0, 0.05) is 42.5 Å². The minimum Gasteiger partial charge on any atom is -0.496 e. The van der Waals surface area contributed by atoms with Crippen molar-refractivity contribution < 1.29 is 14.2 Å². The van der Waals surface area contributed by atoms with E-state index in [1.807, 2.05) is 30.3 Å². The maximum absolute atomic E-state index is 5.78. The van der Waals surface area contributed by atoms with Gasteiger partial charge in [0.25, 0.3) is 0 Å². The number of rotatable bonds is 6. The molecule has 2 aliphatic rings. The van der Waals surface area contributed by atoms with Crippen LogP contribution in [0.15, 0.2) is 54.7 Å². The smallest absolute Gasteiger partial charge is 0.165 e. The summed E-state index contributed by atoms with van der Waals surface area (Å²) in [5.74, 6) is 4.42. The minimum absolute atomic E-state index is 0.387. The van der Waals surface area contributed by atoms with Gasteiger partial charge in [0.2, 0.25) is 0 Å². The molecule has 0 bridgehead atoms. The Hall–Kier alpha value is -3.32. The van der Waals surface area contributed by atoms with Crippen molar-refractivity contribution in [2.45, 2.75) is 25.3 Å². The van der Waals surface area contributed by atoms with Crippen LogP contribution in [-0.2, 0) is 6.54 Å². The summed E-state index contributed by atoms with van der Waals surface area (Å²) >= 11 is 0. The third-order valence-electron chi connectivity index (χ3n) is 5.95. The number of likely N-dealkylation sites (tertiary alicyclic amines) is 1. The first kappa shape index (κ1) is 20.6.